The molecule has 0 unspecified atom stereocenters. The summed E-state index contributed by atoms with van der Waals surface area (Å²) in [6.07, 6.45) is 2.67. The second-order valence-electron chi connectivity index (χ2n) is 12.7. The van der Waals surface area contributed by atoms with Gasteiger partial charge in [-0.25, -0.2) is 22.9 Å². The van der Waals surface area contributed by atoms with Gasteiger partial charge in [0.05, 0.1) is 35.3 Å². The number of anilines is 2. The van der Waals surface area contributed by atoms with Crippen LogP contribution in [0.1, 0.15) is 43.7 Å². The highest BCUT2D eigenvalue weighted by atomic mass is 28.4. The molecule has 3 heterocycles. The zero-order valence-corrected chi connectivity index (χ0v) is 27.1. The van der Waals surface area contributed by atoms with Gasteiger partial charge < -0.3 is 25.1 Å². The van der Waals surface area contributed by atoms with Crippen molar-refractivity contribution in [1.82, 2.24) is 15.3 Å². The molecule has 4 rings (SSSR count). The number of nitrogens with zero attached hydrogens (tertiary/aromatic N) is 3. The second kappa shape index (κ2) is 13.0. The van der Waals surface area contributed by atoms with Gasteiger partial charge in [-0.1, -0.05) is 40.3 Å². The Morgan fingerprint density at radius 1 is 1.11 bits per heavy atom. The van der Waals surface area contributed by atoms with Crippen LogP contribution in [0.4, 0.5) is 29.3 Å². The summed E-state index contributed by atoms with van der Waals surface area (Å²) in [4.78, 5) is 35.2. The summed E-state index contributed by atoms with van der Waals surface area (Å²) in [5, 5.41) is 14.9. The molecule has 0 aliphatic carbocycles. The molecule has 0 radical (unpaired) electrons. The van der Waals surface area contributed by atoms with E-state index in [-0.39, 0.29) is 40.5 Å². The SMILES string of the molecule is C=Cc1cc(F)c(-c2nc(C(=O)Nc3cnccc3N3C[C@H](C)[C@@H](O[Si](C)(C)C(C)(C)C)[C@H](NC(=O)O)C3)ccc2F)c(F)c1. The number of piperidine rings is 1. The monoisotopic (exact) mass is 641 g/mol. The Morgan fingerprint density at radius 2 is 1.78 bits per heavy atom. The van der Waals surface area contributed by atoms with E-state index in [1.807, 2.05) is 11.8 Å². The lowest BCUT2D eigenvalue weighted by molar-refractivity contribution is 0.0722. The number of amides is 2. The molecule has 3 N–H and O–H groups in total. The Labute approximate surface area is 261 Å². The first-order chi connectivity index (χ1) is 21.0. The van der Waals surface area contributed by atoms with Crippen LogP contribution in [0, 0.1) is 23.4 Å². The molecule has 0 saturated carbocycles. The molecule has 1 aromatic carbocycles. The zero-order chi connectivity index (χ0) is 33.3. The van der Waals surface area contributed by atoms with Gasteiger partial charge in [-0.15, -0.1) is 0 Å². The van der Waals surface area contributed by atoms with Crippen molar-refractivity contribution in [3.63, 3.8) is 0 Å². The maximum absolute atomic E-state index is 14.8. The fourth-order valence-electron chi connectivity index (χ4n) is 5.09. The van der Waals surface area contributed by atoms with Gasteiger partial charge >= 0.3 is 6.09 Å². The Hall–Kier alpha value is -4.23. The number of hydrogen-bond donors (Lipinski definition) is 3. The summed E-state index contributed by atoms with van der Waals surface area (Å²) >= 11 is 0. The van der Waals surface area contributed by atoms with Crippen molar-refractivity contribution in [3.8, 4) is 11.3 Å². The number of carbonyl (C=O) groups is 2. The number of carbonyl (C=O) groups excluding carboxylic acids is 1. The average molecular weight is 642 g/mol. The van der Waals surface area contributed by atoms with Gasteiger partial charge in [0.15, 0.2) is 8.32 Å². The zero-order valence-electron chi connectivity index (χ0n) is 26.1. The third kappa shape index (κ3) is 7.36. The summed E-state index contributed by atoms with van der Waals surface area (Å²) in [7, 11) is -2.25. The molecule has 240 valence electrons. The molecule has 0 bridgehead atoms. The lowest BCUT2D eigenvalue weighted by Crippen LogP contribution is -2.62. The minimum absolute atomic E-state index is 0.0823. The van der Waals surface area contributed by atoms with Crippen molar-refractivity contribution in [2.24, 2.45) is 5.92 Å². The van der Waals surface area contributed by atoms with Crippen LogP contribution in [0.15, 0.2) is 49.3 Å². The topological polar surface area (TPSA) is 117 Å². The number of pyridine rings is 2. The van der Waals surface area contributed by atoms with Gasteiger partial charge in [0.2, 0.25) is 0 Å². The fraction of sp³-hybridized carbons (Fsp3) is 0.375. The van der Waals surface area contributed by atoms with Gasteiger partial charge in [-0.05, 0) is 54.0 Å². The van der Waals surface area contributed by atoms with Crippen LogP contribution in [0.2, 0.25) is 18.1 Å². The highest BCUT2D eigenvalue weighted by molar-refractivity contribution is 6.74. The van der Waals surface area contributed by atoms with E-state index in [1.54, 1.807) is 12.3 Å². The number of hydrogen-bond acceptors (Lipinski definition) is 6. The molecule has 2 amide bonds. The Morgan fingerprint density at radius 3 is 2.38 bits per heavy atom. The standard InChI is InChI=1S/C32H38F3N5O4Si/c1-8-19-13-21(34)27(22(35)14-19)28-20(33)9-10-23(37-28)30(41)38-24-15-36-12-11-26(24)40-16-18(2)29(25(17-40)39-31(42)43)44-45(6,7)32(3,4)5/h8-15,18,25,29,39H,1,16-17H2,2-7H3,(H,38,41)(H,42,43)/t18-,25+,29+/m0/s1. The van der Waals surface area contributed by atoms with Crippen molar-refractivity contribution in [1.29, 1.82) is 0 Å². The molecular weight excluding hydrogens is 603 g/mol. The normalized spacial score (nSPS) is 18.8. The molecule has 1 fully saturated rings. The number of benzene rings is 1. The highest BCUT2D eigenvalue weighted by Gasteiger charge is 2.45. The number of carboxylic acid groups (broad SMARTS) is 1. The predicted molar refractivity (Wildman–Crippen MR) is 170 cm³/mol. The average Bonchev–Trinajstić information content (AvgIpc) is 2.94. The summed E-state index contributed by atoms with van der Waals surface area (Å²) in [6, 6.07) is 5.13. The van der Waals surface area contributed by atoms with Gasteiger partial charge in [-0.2, -0.15) is 0 Å². The van der Waals surface area contributed by atoms with E-state index in [0.29, 0.717) is 12.2 Å². The minimum Gasteiger partial charge on any atom is -0.465 e. The smallest absolute Gasteiger partial charge is 0.405 e. The number of halogens is 3. The van der Waals surface area contributed by atoms with Crippen LogP contribution in [0.5, 0.6) is 0 Å². The molecule has 2 aromatic heterocycles. The number of rotatable bonds is 8. The van der Waals surface area contributed by atoms with Crippen molar-refractivity contribution in [2.75, 3.05) is 23.3 Å². The van der Waals surface area contributed by atoms with Crippen LogP contribution < -0.4 is 15.5 Å². The molecule has 0 spiro atoms. The van der Waals surface area contributed by atoms with Crippen molar-refractivity contribution in [2.45, 2.75) is 58.0 Å². The second-order valence-corrected chi connectivity index (χ2v) is 17.5. The van der Waals surface area contributed by atoms with Crippen LogP contribution in [-0.2, 0) is 4.43 Å². The molecule has 3 atom stereocenters. The first-order valence-corrected chi connectivity index (χ1v) is 17.4. The first-order valence-electron chi connectivity index (χ1n) is 14.5. The summed E-state index contributed by atoms with van der Waals surface area (Å²) in [5.74, 6) is -3.98. The molecular formula is C32H38F3N5O4Si. The van der Waals surface area contributed by atoms with Crippen molar-refractivity contribution >= 4 is 37.8 Å². The van der Waals surface area contributed by atoms with E-state index in [4.69, 9.17) is 4.43 Å². The Bertz CT molecular complexity index is 1590. The quantitative estimate of drug-likeness (QED) is 0.228. The predicted octanol–water partition coefficient (Wildman–Crippen LogP) is 6.94. The van der Waals surface area contributed by atoms with E-state index in [1.165, 1.54) is 12.3 Å². The van der Waals surface area contributed by atoms with Crippen LogP contribution in [0.25, 0.3) is 17.3 Å². The van der Waals surface area contributed by atoms with Crippen molar-refractivity contribution < 1.29 is 32.3 Å². The lowest BCUT2D eigenvalue weighted by atomic mass is 9.92. The first kappa shape index (κ1) is 33.7. The third-order valence-corrected chi connectivity index (χ3v) is 12.9. The molecule has 13 heteroatoms. The van der Waals surface area contributed by atoms with E-state index in [0.717, 1.165) is 24.3 Å². The van der Waals surface area contributed by atoms with Crippen molar-refractivity contribution in [3.05, 3.63) is 78.0 Å². The maximum atomic E-state index is 14.8. The molecule has 9 nitrogen and oxygen atoms in total. The Balaban J connectivity index is 1.62. The molecule has 1 saturated heterocycles. The van der Waals surface area contributed by atoms with E-state index >= 15 is 0 Å². The van der Waals surface area contributed by atoms with E-state index in [2.05, 4.69) is 61.0 Å². The van der Waals surface area contributed by atoms with Crippen LogP contribution in [-0.4, -0.2) is 60.6 Å². The Kier molecular flexibility index (Phi) is 9.73. The molecule has 1 aliphatic rings. The summed E-state index contributed by atoms with van der Waals surface area (Å²) in [6.45, 7) is 16.8. The lowest BCUT2D eigenvalue weighted by Gasteiger charge is -2.48. The highest BCUT2D eigenvalue weighted by Crippen LogP contribution is 2.40. The van der Waals surface area contributed by atoms with Crippen LogP contribution in [0.3, 0.4) is 0 Å². The molecule has 45 heavy (non-hydrogen) atoms. The van der Waals surface area contributed by atoms with E-state index in [9.17, 15) is 27.9 Å². The van der Waals surface area contributed by atoms with Crippen LogP contribution >= 0.6 is 0 Å². The molecule has 1 aliphatic heterocycles. The summed E-state index contributed by atoms with van der Waals surface area (Å²) in [5.41, 5.74) is -0.630. The van der Waals surface area contributed by atoms with Gasteiger partial charge in [0.25, 0.3) is 5.91 Å². The van der Waals surface area contributed by atoms with Gasteiger partial charge in [0, 0.05) is 25.2 Å². The maximum Gasteiger partial charge on any atom is 0.405 e. The fourth-order valence-corrected chi connectivity index (χ4v) is 6.52. The van der Waals surface area contributed by atoms with Gasteiger partial charge in [-0.3, -0.25) is 9.78 Å². The molecule has 3 aromatic rings. The summed E-state index contributed by atoms with van der Waals surface area (Å²) < 4.78 is 51.0. The number of nitrogens with one attached hydrogen (secondary N) is 2. The third-order valence-electron chi connectivity index (χ3n) is 8.43. The largest absolute Gasteiger partial charge is 0.465 e. The minimum atomic E-state index is -2.25. The number of aromatic nitrogens is 2. The van der Waals surface area contributed by atoms with E-state index < -0.39 is 55.1 Å². The van der Waals surface area contributed by atoms with Gasteiger partial charge in [0.1, 0.15) is 28.8 Å².